The molecule has 2 aromatic rings. The Bertz CT molecular complexity index is 859. The second kappa shape index (κ2) is 8.62. The number of halogens is 1. The quantitative estimate of drug-likeness (QED) is 0.683. The van der Waals surface area contributed by atoms with Crippen LogP contribution in [0.25, 0.3) is 0 Å². The average molecular weight is 393 g/mol. The average Bonchev–Trinajstić information content (AvgIpc) is 3.07. The first kappa shape index (κ1) is 18.8. The fraction of sp³-hybridized carbons (Fsp3) is 0.312. The van der Waals surface area contributed by atoms with Crippen molar-refractivity contribution in [1.82, 2.24) is 20.4 Å². The summed E-state index contributed by atoms with van der Waals surface area (Å²) in [6.07, 6.45) is 0.599. The van der Waals surface area contributed by atoms with E-state index in [0.29, 0.717) is 31.1 Å². The summed E-state index contributed by atoms with van der Waals surface area (Å²) >= 11 is 1.05. The second-order valence-corrected chi connectivity index (χ2v) is 6.58. The van der Waals surface area contributed by atoms with Crippen molar-refractivity contribution in [2.75, 3.05) is 24.2 Å². The highest BCUT2D eigenvalue weighted by Gasteiger charge is 2.23. The van der Waals surface area contributed by atoms with Crippen LogP contribution >= 0.6 is 11.8 Å². The van der Waals surface area contributed by atoms with Gasteiger partial charge in [0, 0.05) is 31.6 Å². The zero-order chi connectivity index (χ0) is 19.2. The maximum absolute atomic E-state index is 13.1. The maximum atomic E-state index is 13.1. The van der Waals surface area contributed by atoms with Gasteiger partial charge in [-0.05, 0) is 18.2 Å². The van der Waals surface area contributed by atoms with Crippen LogP contribution in [0.1, 0.15) is 12.3 Å². The zero-order valence-corrected chi connectivity index (χ0v) is 14.9. The Morgan fingerprint density at radius 1 is 1.37 bits per heavy atom. The molecule has 2 N–H and O–H groups in total. The number of hydrogen-bond acceptors (Lipinski definition) is 7. The largest absolute Gasteiger partial charge is 0.416 e. The molecule has 0 spiro atoms. The number of carbonyl (C=O) groups excluding carboxylic acids is 3. The number of benzene rings is 1. The number of aromatic nitrogens is 2. The van der Waals surface area contributed by atoms with Crippen LogP contribution in [0.2, 0.25) is 0 Å². The van der Waals surface area contributed by atoms with Gasteiger partial charge < -0.3 is 14.6 Å². The van der Waals surface area contributed by atoms with Crippen molar-refractivity contribution in [3.63, 3.8) is 0 Å². The SMILES string of the molecule is O=C1CCN(CCc2nnc(SCC(=O)Nc3cccc(F)c3)o2)C(=O)N1. The fourth-order valence-corrected chi connectivity index (χ4v) is 2.91. The lowest BCUT2D eigenvalue weighted by atomic mass is 10.3. The molecule has 1 aromatic carbocycles. The fourth-order valence-electron chi connectivity index (χ4n) is 2.33. The molecule has 3 rings (SSSR count). The molecular weight excluding hydrogens is 377 g/mol. The van der Waals surface area contributed by atoms with Gasteiger partial charge in [-0.3, -0.25) is 14.9 Å². The number of thioether (sulfide) groups is 1. The first-order chi connectivity index (χ1) is 13.0. The molecule has 9 nitrogen and oxygen atoms in total. The highest BCUT2D eigenvalue weighted by atomic mass is 32.2. The minimum absolute atomic E-state index is 0.0226. The van der Waals surface area contributed by atoms with Gasteiger partial charge in [0.05, 0.1) is 5.75 Å². The number of anilines is 1. The molecule has 1 aromatic heterocycles. The third-order valence-corrected chi connectivity index (χ3v) is 4.44. The predicted molar refractivity (Wildman–Crippen MR) is 93.5 cm³/mol. The molecule has 0 aliphatic carbocycles. The summed E-state index contributed by atoms with van der Waals surface area (Å²) in [6, 6.07) is 5.16. The van der Waals surface area contributed by atoms with Crippen LogP contribution in [0.4, 0.5) is 14.9 Å². The highest BCUT2D eigenvalue weighted by molar-refractivity contribution is 7.99. The van der Waals surface area contributed by atoms with Crippen LogP contribution in [-0.4, -0.2) is 51.8 Å². The van der Waals surface area contributed by atoms with Gasteiger partial charge in [0.15, 0.2) is 0 Å². The Kier molecular flexibility index (Phi) is 6.01. The summed E-state index contributed by atoms with van der Waals surface area (Å²) in [7, 11) is 0. The van der Waals surface area contributed by atoms with Crippen LogP contribution in [0.3, 0.4) is 0 Å². The zero-order valence-electron chi connectivity index (χ0n) is 14.1. The molecule has 0 atom stereocenters. The molecule has 27 heavy (non-hydrogen) atoms. The summed E-state index contributed by atoms with van der Waals surface area (Å²) in [5, 5.41) is 12.7. The number of rotatable bonds is 7. The van der Waals surface area contributed by atoms with E-state index in [9.17, 15) is 18.8 Å². The molecule has 1 fully saturated rings. The van der Waals surface area contributed by atoms with E-state index < -0.39 is 11.8 Å². The van der Waals surface area contributed by atoms with Crippen LogP contribution in [0.15, 0.2) is 33.9 Å². The molecular formula is C16H16FN5O4S. The summed E-state index contributed by atoms with van der Waals surface area (Å²) in [5.41, 5.74) is 0.366. The number of carbonyl (C=O) groups is 3. The van der Waals surface area contributed by atoms with Crippen LogP contribution < -0.4 is 10.6 Å². The first-order valence-corrected chi connectivity index (χ1v) is 9.07. The van der Waals surface area contributed by atoms with Crippen molar-refractivity contribution in [2.24, 2.45) is 0 Å². The van der Waals surface area contributed by atoms with E-state index >= 15 is 0 Å². The van der Waals surface area contributed by atoms with Crippen molar-refractivity contribution < 1.29 is 23.2 Å². The molecule has 0 bridgehead atoms. The molecule has 1 aliphatic heterocycles. The number of urea groups is 1. The van der Waals surface area contributed by atoms with Gasteiger partial charge in [0.25, 0.3) is 5.22 Å². The number of nitrogens with zero attached hydrogens (tertiary/aromatic N) is 3. The summed E-state index contributed by atoms with van der Waals surface area (Å²) in [4.78, 5) is 36.1. The third kappa shape index (κ3) is 5.51. The Hall–Kier alpha value is -2.95. The normalized spacial score (nSPS) is 14.2. The first-order valence-electron chi connectivity index (χ1n) is 8.09. The molecule has 1 saturated heterocycles. The molecule has 0 unspecified atom stereocenters. The van der Waals surface area contributed by atoms with E-state index in [1.54, 1.807) is 6.07 Å². The predicted octanol–water partition coefficient (Wildman–Crippen LogP) is 1.42. The smallest absolute Gasteiger partial charge is 0.324 e. The van der Waals surface area contributed by atoms with Gasteiger partial charge in [-0.25, -0.2) is 9.18 Å². The lowest BCUT2D eigenvalue weighted by molar-refractivity contribution is -0.121. The monoisotopic (exact) mass is 393 g/mol. The van der Waals surface area contributed by atoms with Gasteiger partial charge in [-0.2, -0.15) is 0 Å². The maximum Gasteiger partial charge on any atom is 0.324 e. The van der Waals surface area contributed by atoms with Crippen molar-refractivity contribution in [3.05, 3.63) is 36.0 Å². The number of hydrogen-bond donors (Lipinski definition) is 2. The minimum Gasteiger partial charge on any atom is -0.416 e. The van der Waals surface area contributed by atoms with Gasteiger partial charge in [-0.15, -0.1) is 10.2 Å². The van der Waals surface area contributed by atoms with E-state index in [-0.39, 0.29) is 29.2 Å². The van der Waals surface area contributed by atoms with E-state index in [2.05, 4.69) is 20.8 Å². The van der Waals surface area contributed by atoms with E-state index in [0.717, 1.165) is 11.8 Å². The van der Waals surface area contributed by atoms with E-state index in [4.69, 9.17) is 4.42 Å². The lowest BCUT2D eigenvalue weighted by Gasteiger charge is -2.25. The van der Waals surface area contributed by atoms with Crippen molar-refractivity contribution >= 4 is 35.3 Å². The van der Waals surface area contributed by atoms with Gasteiger partial charge in [0.2, 0.25) is 17.7 Å². The minimum atomic E-state index is -0.436. The molecule has 2 heterocycles. The Balaban J connectivity index is 1.43. The van der Waals surface area contributed by atoms with Crippen LogP contribution in [-0.2, 0) is 16.0 Å². The van der Waals surface area contributed by atoms with Crippen LogP contribution in [0, 0.1) is 5.82 Å². The summed E-state index contributed by atoms with van der Waals surface area (Å²) < 4.78 is 18.5. The Morgan fingerprint density at radius 2 is 2.22 bits per heavy atom. The summed E-state index contributed by atoms with van der Waals surface area (Å²) in [5.74, 6) is -0.708. The van der Waals surface area contributed by atoms with E-state index in [1.807, 2.05) is 0 Å². The molecule has 1 aliphatic rings. The standard InChI is InChI=1S/C16H16FN5O4S/c17-10-2-1-3-11(8-10)18-13(24)9-27-16-21-20-14(26-16)5-7-22-6-4-12(23)19-15(22)25/h1-3,8H,4-7,9H2,(H,18,24)(H,19,23,25). The molecule has 11 heteroatoms. The Morgan fingerprint density at radius 3 is 3.00 bits per heavy atom. The van der Waals surface area contributed by atoms with Crippen molar-refractivity contribution in [2.45, 2.75) is 18.1 Å². The molecule has 0 radical (unpaired) electrons. The lowest BCUT2D eigenvalue weighted by Crippen LogP contribution is -2.49. The van der Waals surface area contributed by atoms with E-state index in [1.165, 1.54) is 23.1 Å². The third-order valence-electron chi connectivity index (χ3n) is 3.62. The summed E-state index contributed by atoms with van der Waals surface area (Å²) in [6.45, 7) is 0.687. The number of nitrogens with one attached hydrogen (secondary N) is 2. The van der Waals surface area contributed by atoms with Gasteiger partial charge >= 0.3 is 6.03 Å². The topological polar surface area (TPSA) is 117 Å². The van der Waals surface area contributed by atoms with Gasteiger partial charge in [0.1, 0.15) is 5.82 Å². The van der Waals surface area contributed by atoms with Crippen LogP contribution in [0.5, 0.6) is 0 Å². The second-order valence-electron chi connectivity index (χ2n) is 5.65. The molecule has 4 amide bonds. The van der Waals surface area contributed by atoms with Crippen molar-refractivity contribution in [1.29, 1.82) is 0 Å². The molecule has 142 valence electrons. The van der Waals surface area contributed by atoms with Gasteiger partial charge in [-0.1, -0.05) is 17.8 Å². The highest BCUT2D eigenvalue weighted by Crippen LogP contribution is 2.17. The number of amides is 4. The Labute approximate surface area is 157 Å². The van der Waals surface area contributed by atoms with Crippen molar-refractivity contribution in [3.8, 4) is 0 Å². The molecule has 0 saturated carbocycles. The number of imide groups is 1.